The van der Waals surface area contributed by atoms with E-state index in [2.05, 4.69) is 58.4 Å². The minimum absolute atomic E-state index is 0.337. The summed E-state index contributed by atoms with van der Waals surface area (Å²) < 4.78 is 8.25. The van der Waals surface area contributed by atoms with E-state index in [1.54, 1.807) is 6.08 Å². The molecule has 1 aliphatic rings. The zero-order chi connectivity index (χ0) is 20.5. The lowest BCUT2D eigenvalue weighted by Gasteiger charge is -2.10. The number of nitrogens with one attached hydrogen (secondary N) is 1. The second-order valence-corrected chi connectivity index (χ2v) is 7.97. The number of thioether (sulfide) groups is 1. The highest BCUT2D eigenvalue weighted by Crippen LogP contribution is 2.29. The maximum absolute atomic E-state index is 11.6. The van der Waals surface area contributed by atoms with Crippen molar-refractivity contribution in [2.75, 3.05) is 6.61 Å². The summed E-state index contributed by atoms with van der Waals surface area (Å²) in [6, 6.07) is 24.3. The first-order valence-electron chi connectivity index (χ1n) is 9.63. The number of aromatic nitrogens is 1. The van der Waals surface area contributed by atoms with Crippen molar-refractivity contribution in [2.24, 2.45) is 0 Å². The topological polar surface area (TPSA) is 60.3 Å². The van der Waals surface area contributed by atoms with Gasteiger partial charge < -0.3 is 9.30 Å². The van der Waals surface area contributed by atoms with Crippen molar-refractivity contribution >= 4 is 50.8 Å². The molecule has 1 aliphatic heterocycles. The Morgan fingerprint density at radius 3 is 2.10 bits per heavy atom. The second kappa shape index (κ2) is 7.72. The number of nitrogens with zero attached hydrogens (tertiary/aromatic N) is 1. The summed E-state index contributed by atoms with van der Waals surface area (Å²) in [4.78, 5) is 23.3. The molecule has 2 amide bonds. The van der Waals surface area contributed by atoms with Crippen LogP contribution in [-0.4, -0.2) is 22.3 Å². The SMILES string of the molecule is O=C1NC(=O)/C(=C\c2ccc(OCCn3c4ccccc4c4ccccc43)cc2)S1. The zero-order valence-electron chi connectivity index (χ0n) is 16.0. The molecular weight excluding hydrogens is 396 g/mol. The molecule has 1 fully saturated rings. The Morgan fingerprint density at radius 1 is 0.867 bits per heavy atom. The number of hydrogen-bond donors (Lipinski definition) is 1. The van der Waals surface area contributed by atoms with Gasteiger partial charge >= 0.3 is 0 Å². The van der Waals surface area contributed by atoms with Crippen molar-refractivity contribution in [2.45, 2.75) is 6.54 Å². The average Bonchev–Trinajstić information content (AvgIpc) is 3.26. The number of ether oxygens (including phenoxy) is 1. The highest BCUT2D eigenvalue weighted by atomic mass is 32.2. The van der Waals surface area contributed by atoms with Gasteiger partial charge in [0.1, 0.15) is 12.4 Å². The van der Waals surface area contributed by atoms with Crippen LogP contribution in [0.3, 0.4) is 0 Å². The van der Waals surface area contributed by atoms with Crippen molar-refractivity contribution in [3.05, 3.63) is 83.3 Å². The summed E-state index contributed by atoms with van der Waals surface area (Å²) in [5.41, 5.74) is 3.24. The van der Waals surface area contributed by atoms with Gasteiger partial charge in [-0.3, -0.25) is 14.9 Å². The van der Waals surface area contributed by atoms with Crippen LogP contribution in [0.5, 0.6) is 5.75 Å². The third kappa shape index (κ3) is 3.46. The summed E-state index contributed by atoms with van der Waals surface area (Å²) in [5, 5.41) is 4.41. The van der Waals surface area contributed by atoms with Crippen LogP contribution in [0.4, 0.5) is 4.79 Å². The van der Waals surface area contributed by atoms with Crippen LogP contribution in [0.15, 0.2) is 77.7 Å². The molecule has 5 rings (SSSR count). The Labute approximate surface area is 177 Å². The fourth-order valence-corrected chi connectivity index (χ4v) is 4.41. The molecule has 3 aromatic carbocycles. The van der Waals surface area contributed by atoms with E-state index in [1.807, 2.05) is 24.3 Å². The van der Waals surface area contributed by atoms with E-state index >= 15 is 0 Å². The van der Waals surface area contributed by atoms with Crippen LogP contribution >= 0.6 is 11.8 Å². The molecule has 0 radical (unpaired) electrons. The lowest BCUT2D eigenvalue weighted by atomic mass is 10.2. The smallest absolute Gasteiger partial charge is 0.290 e. The van der Waals surface area contributed by atoms with Gasteiger partial charge in [-0.15, -0.1) is 0 Å². The average molecular weight is 414 g/mol. The predicted octanol–water partition coefficient (Wildman–Crippen LogP) is 5.20. The number of imide groups is 1. The van der Waals surface area contributed by atoms with Crippen molar-refractivity contribution in [3.63, 3.8) is 0 Å². The third-order valence-electron chi connectivity index (χ3n) is 5.08. The van der Waals surface area contributed by atoms with Gasteiger partial charge in [0.25, 0.3) is 11.1 Å². The van der Waals surface area contributed by atoms with Gasteiger partial charge in [-0.25, -0.2) is 0 Å². The van der Waals surface area contributed by atoms with Crippen molar-refractivity contribution in [1.29, 1.82) is 0 Å². The van der Waals surface area contributed by atoms with E-state index < -0.39 is 0 Å². The van der Waals surface area contributed by atoms with Gasteiger partial charge in [-0.2, -0.15) is 0 Å². The van der Waals surface area contributed by atoms with Crippen molar-refractivity contribution < 1.29 is 14.3 Å². The van der Waals surface area contributed by atoms with E-state index in [-0.39, 0.29) is 11.1 Å². The maximum Gasteiger partial charge on any atom is 0.290 e. The first-order chi connectivity index (χ1) is 14.7. The van der Waals surface area contributed by atoms with Crippen LogP contribution in [0.2, 0.25) is 0 Å². The molecule has 0 bridgehead atoms. The number of fused-ring (bicyclic) bond motifs is 3. The minimum Gasteiger partial charge on any atom is -0.492 e. The summed E-state index contributed by atoms with van der Waals surface area (Å²) in [6.07, 6.45) is 1.70. The molecule has 1 aromatic heterocycles. The molecule has 5 nitrogen and oxygen atoms in total. The van der Waals surface area contributed by atoms with E-state index in [1.165, 1.54) is 21.8 Å². The van der Waals surface area contributed by atoms with Gasteiger partial charge in [0.05, 0.1) is 11.4 Å². The van der Waals surface area contributed by atoms with E-state index in [0.29, 0.717) is 11.5 Å². The van der Waals surface area contributed by atoms with Gasteiger partial charge in [0.15, 0.2) is 0 Å². The van der Waals surface area contributed by atoms with E-state index in [0.717, 1.165) is 29.6 Å². The van der Waals surface area contributed by atoms with Crippen molar-refractivity contribution in [1.82, 2.24) is 9.88 Å². The molecular formula is C24H18N2O3S. The normalized spacial score (nSPS) is 15.3. The molecule has 0 atom stereocenters. The van der Waals surface area contributed by atoms with Gasteiger partial charge in [-0.05, 0) is 47.7 Å². The second-order valence-electron chi connectivity index (χ2n) is 6.96. The molecule has 0 spiro atoms. The lowest BCUT2D eigenvalue weighted by molar-refractivity contribution is -0.115. The summed E-state index contributed by atoms with van der Waals surface area (Å²) in [6.45, 7) is 1.27. The molecule has 1 N–H and O–H groups in total. The number of hydrogen-bond acceptors (Lipinski definition) is 4. The largest absolute Gasteiger partial charge is 0.492 e. The Kier molecular flexibility index (Phi) is 4.77. The number of rotatable bonds is 5. The van der Waals surface area contributed by atoms with Crippen molar-refractivity contribution in [3.8, 4) is 5.75 Å². The number of para-hydroxylation sites is 2. The van der Waals surface area contributed by atoms with Gasteiger partial charge in [0.2, 0.25) is 0 Å². The molecule has 6 heteroatoms. The Hall–Kier alpha value is -3.51. The van der Waals surface area contributed by atoms with Gasteiger partial charge in [0, 0.05) is 21.8 Å². The first kappa shape index (κ1) is 18.5. The van der Waals surface area contributed by atoms with E-state index in [9.17, 15) is 9.59 Å². The molecule has 1 saturated heterocycles. The standard InChI is InChI=1S/C24H18N2O3S/c27-23-22(30-24(28)25-23)15-16-9-11-17(12-10-16)29-14-13-26-20-7-3-1-5-18(20)19-6-2-4-8-21(19)26/h1-12,15H,13-14H2,(H,25,27,28)/b22-15+. The third-order valence-corrected chi connectivity index (χ3v) is 5.89. The molecule has 30 heavy (non-hydrogen) atoms. The van der Waals surface area contributed by atoms with Crippen LogP contribution < -0.4 is 10.1 Å². The first-order valence-corrected chi connectivity index (χ1v) is 10.4. The van der Waals surface area contributed by atoms with Gasteiger partial charge in [-0.1, -0.05) is 48.5 Å². The number of carbonyl (C=O) groups excluding carboxylic acids is 2. The molecule has 0 saturated carbocycles. The number of carbonyl (C=O) groups is 2. The molecule has 0 aliphatic carbocycles. The highest BCUT2D eigenvalue weighted by molar-refractivity contribution is 8.18. The fraction of sp³-hybridized carbons (Fsp3) is 0.0833. The lowest BCUT2D eigenvalue weighted by Crippen LogP contribution is -2.17. The Bertz CT molecular complexity index is 1250. The van der Waals surface area contributed by atoms with Crippen LogP contribution in [0.1, 0.15) is 5.56 Å². The Morgan fingerprint density at radius 2 is 1.50 bits per heavy atom. The minimum atomic E-state index is -0.350. The van der Waals surface area contributed by atoms with E-state index in [4.69, 9.17) is 4.74 Å². The Balaban J connectivity index is 1.30. The van der Waals surface area contributed by atoms with Crippen LogP contribution in [0.25, 0.3) is 27.9 Å². The summed E-state index contributed by atoms with van der Waals surface area (Å²) >= 11 is 0.914. The summed E-state index contributed by atoms with van der Waals surface area (Å²) in [5.74, 6) is 0.411. The fourth-order valence-electron chi connectivity index (χ4n) is 3.73. The summed E-state index contributed by atoms with van der Waals surface area (Å²) in [7, 11) is 0. The molecule has 0 unspecified atom stereocenters. The van der Waals surface area contributed by atoms with Crippen LogP contribution in [-0.2, 0) is 11.3 Å². The molecule has 148 valence electrons. The van der Waals surface area contributed by atoms with Crippen LogP contribution in [0, 0.1) is 0 Å². The molecule has 2 heterocycles. The number of benzene rings is 3. The predicted molar refractivity (Wildman–Crippen MR) is 120 cm³/mol. The molecule has 4 aromatic rings. The number of amides is 2. The maximum atomic E-state index is 11.6. The quantitative estimate of drug-likeness (QED) is 0.456. The highest BCUT2D eigenvalue weighted by Gasteiger charge is 2.24. The monoisotopic (exact) mass is 414 g/mol. The zero-order valence-corrected chi connectivity index (χ0v) is 16.8.